The van der Waals surface area contributed by atoms with E-state index in [4.69, 9.17) is 14.2 Å². The lowest BCUT2D eigenvalue weighted by Gasteiger charge is -2.36. The first-order valence-electron chi connectivity index (χ1n) is 11.5. The zero-order valence-electron chi connectivity index (χ0n) is 20.7. The normalized spacial score (nSPS) is 18.9. The van der Waals surface area contributed by atoms with E-state index in [0.717, 1.165) is 22.6 Å². The smallest absolute Gasteiger partial charge is 0.338 e. The van der Waals surface area contributed by atoms with Crippen LogP contribution in [0.2, 0.25) is 0 Å². The number of methoxy groups -OCH3 is 1. The number of rotatable bonds is 7. The van der Waals surface area contributed by atoms with Crippen molar-refractivity contribution in [2.45, 2.75) is 65.8 Å². The number of hydrogen-bond donors (Lipinski definition) is 0. The van der Waals surface area contributed by atoms with Crippen LogP contribution in [0.4, 0.5) is 0 Å². The number of ether oxygens (including phenoxy) is 3. The van der Waals surface area contributed by atoms with Gasteiger partial charge in [-0.05, 0) is 70.9 Å². The van der Waals surface area contributed by atoms with Gasteiger partial charge >= 0.3 is 11.9 Å². The molecule has 0 bridgehead atoms. The zero-order chi connectivity index (χ0) is 25.0. The van der Waals surface area contributed by atoms with Gasteiger partial charge in [-0.3, -0.25) is 9.59 Å². The quantitative estimate of drug-likeness (QED) is 0.573. The van der Waals surface area contributed by atoms with Gasteiger partial charge in [0.1, 0.15) is 0 Å². The van der Waals surface area contributed by atoms with E-state index in [2.05, 4.69) is 5.10 Å². The van der Waals surface area contributed by atoms with Crippen molar-refractivity contribution in [1.29, 1.82) is 0 Å². The van der Waals surface area contributed by atoms with Crippen LogP contribution in [-0.4, -0.2) is 71.0 Å². The molecule has 1 aliphatic rings. The van der Waals surface area contributed by atoms with Gasteiger partial charge in [0, 0.05) is 25.2 Å². The summed E-state index contributed by atoms with van der Waals surface area (Å²) in [5, 5.41) is 4.58. The summed E-state index contributed by atoms with van der Waals surface area (Å²) in [5.41, 5.74) is 3.88. The Labute approximate surface area is 200 Å². The van der Waals surface area contributed by atoms with Crippen molar-refractivity contribution in [3.8, 4) is 5.69 Å². The molecule has 34 heavy (non-hydrogen) atoms. The summed E-state index contributed by atoms with van der Waals surface area (Å²) >= 11 is 0. The summed E-state index contributed by atoms with van der Waals surface area (Å²) in [6.45, 7) is 10.2. The second-order valence-electron chi connectivity index (χ2n) is 8.73. The molecule has 1 aliphatic heterocycles. The number of carbonyl (C=O) groups excluding carboxylic acids is 3. The minimum absolute atomic E-state index is 0.0569. The molecule has 9 nitrogen and oxygen atoms in total. The van der Waals surface area contributed by atoms with Crippen LogP contribution < -0.4 is 0 Å². The minimum atomic E-state index is -0.891. The Kier molecular flexibility index (Phi) is 8.09. The molecule has 0 aliphatic carbocycles. The first-order valence-corrected chi connectivity index (χ1v) is 11.5. The molecule has 184 valence electrons. The number of esters is 2. The van der Waals surface area contributed by atoms with E-state index in [1.807, 2.05) is 27.7 Å². The fraction of sp³-hybridized carbons (Fsp3) is 0.520. The molecule has 1 aromatic carbocycles. The van der Waals surface area contributed by atoms with Crippen LogP contribution in [0.5, 0.6) is 0 Å². The highest BCUT2D eigenvalue weighted by atomic mass is 16.5. The van der Waals surface area contributed by atoms with E-state index in [9.17, 15) is 14.4 Å². The molecule has 0 radical (unpaired) electrons. The van der Waals surface area contributed by atoms with Crippen LogP contribution in [0, 0.1) is 13.8 Å². The summed E-state index contributed by atoms with van der Waals surface area (Å²) < 4.78 is 17.6. The number of carbonyl (C=O) groups is 3. The predicted molar refractivity (Wildman–Crippen MR) is 125 cm³/mol. The minimum Gasteiger partial charge on any atom is -0.469 e. The Morgan fingerprint density at radius 3 is 2.32 bits per heavy atom. The average Bonchev–Trinajstić information content (AvgIpc) is 3.09. The third-order valence-electron chi connectivity index (χ3n) is 5.96. The van der Waals surface area contributed by atoms with E-state index < -0.39 is 12.1 Å². The van der Waals surface area contributed by atoms with Gasteiger partial charge in [0.15, 0.2) is 6.10 Å². The zero-order valence-corrected chi connectivity index (χ0v) is 20.7. The highest BCUT2D eigenvalue weighted by Gasteiger charge is 2.30. The standard InChI is InChI=1S/C25H33N3O6/c1-15-13-27(14-16(2)33-15)24(30)19(5)34-25(31)20-7-9-21(10-8-20)28-18(4)22(17(3)26-28)11-12-23(29)32-6/h7-10,15-16,19H,11-14H2,1-6H3. The van der Waals surface area contributed by atoms with Gasteiger partial charge in [0.2, 0.25) is 0 Å². The van der Waals surface area contributed by atoms with Crippen molar-refractivity contribution in [3.63, 3.8) is 0 Å². The van der Waals surface area contributed by atoms with Crippen LogP contribution in [0.15, 0.2) is 24.3 Å². The second kappa shape index (κ2) is 10.8. The number of aromatic nitrogens is 2. The first-order chi connectivity index (χ1) is 16.1. The Bertz CT molecular complexity index is 1040. The monoisotopic (exact) mass is 471 g/mol. The number of benzene rings is 1. The van der Waals surface area contributed by atoms with Crippen molar-refractivity contribution in [3.05, 3.63) is 46.8 Å². The topological polar surface area (TPSA) is 100.0 Å². The molecule has 2 heterocycles. The van der Waals surface area contributed by atoms with E-state index in [0.29, 0.717) is 25.1 Å². The Morgan fingerprint density at radius 1 is 1.12 bits per heavy atom. The molecule has 1 amide bonds. The maximum absolute atomic E-state index is 12.7. The fourth-order valence-corrected chi connectivity index (χ4v) is 4.25. The van der Waals surface area contributed by atoms with Gasteiger partial charge in [-0.2, -0.15) is 5.10 Å². The Balaban J connectivity index is 1.66. The Hall–Kier alpha value is -3.20. The predicted octanol–water partition coefficient (Wildman–Crippen LogP) is 2.78. The van der Waals surface area contributed by atoms with Crippen LogP contribution in [0.1, 0.15) is 54.5 Å². The molecule has 0 saturated carbocycles. The summed E-state index contributed by atoms with van der Waals surface area (Å²) in [6.07, 6.45) is -0.176. The highest BCUT2D eigenvalue weighted by molar-refractivity contribution is 5.92. The van der Waals surface area contributed by atoms with Crippen molar-refractivity contribution >= 4 is 17.8 Å². The van der Waals surface area contributed by atoms with Gasteiger partial charge in [-0.25, -0.2) is 9.48 Å². The van der Waals surface area contributed by atoms with Crippen LogP contribution in [0.25, 0.3) is 5.69 Å². The third kappa shape index (κ3) is 5.83. The van der Waals surface area contributed by atoms with Crippen LogP contribution >= 0.6 is 0 Å². The molecule has 0 spiro atoms. The SMILES string of the molecule is COC(=O)CCc1c(C)nn(-c2ccc(C(=O)OC(C)C(=O)N3CC(C)OC(C)C3)cc2)c1C. The van der Waals surface area contributed by atoms with Crippen LogP contribution in [0.3, 0.4) is 0 Å². The number of aryl methyl sites for hydroxylation is 1. The first kappa shape index (κ1) is 25.4. The van der Waals surface area contributed by atoms with Crippen molar-refractivity contribution in [1.82, 2.24) is 14.7 Å². The van der Waals surface area contributed by atoms with Crippen molar-refractivity contribution in [2.75, 3.05) is 20.2 Å². The largest absolute Gasteiger partial charge is 0.469 e. The van der Waals surface area contributed by atoms with E-state index in [1.165, 1.54) is 7.11 Å². The van der Waals surface area contributed by atoms with Gasteiger partial charge in [-0.15, -0.1) is 0 Å². The van der Waals surface area contributed by atoms with Gasteiger partial charge in [-0.1, -0.05) is 0 Å². The lowest BCUT2D eigenvalue weighted by molar-refractivity contribution is -0.151. The van der Waals surface area contributed by atoms with Crippen LogP contribution in [-0.2, 0) is 30.2 Å². The maximum Gasteiger partial charge on any atom is 0.338 e. The summed E-state index contributed by atoms with van der Waals surface area (Å²) in [7, 11) is 1.37. The molecule has 1 saturated heterocycles. The summed E-state index contributed by atoms with van der Waals surface area (Å²) in [4.78, 5) is 38.6. The molecule has 3 unspecified atom stereocenters. The number of nitrogens with zero attached hydrogens (tertiary/aromatic N) is 3. The molecule has 3 rings (SSSR count). The average molecular weight is 472 g/mol. The van der Waals surface area contributed by atoms with Gasteiger partial charge < -0.3 is 19.1 Å². The summed E-state index contributed by atoms with van der Waals surface area (Å²) in [6, 6.07) is 6.85. The Morgan fingerprint density at radius 2 is 1.74 bits per heavy atom. The highest BCUT2D eigenvalue weighted by Crippen LogP contribution is 2.21. The molecule has 3 atom stereocenters. The van der Waals surface area contributed by atoms with E-state index >= 15 is 0 Å². The molecule has 1 fully saturated rings. The number of morpholine rings is 1. The van der Waals surface area contributed by atoms with Crippen molar-refractivity contribution < 1.29 is 28.6 Å². The maximum atomic E-state index is 12.7. The molecular formula is C25H33N3O6. The molecule has 0 N–H and O–H groups in total. The van der Waals surface area contributed by atoms with E-state index in [-0.39, 0.29) is 30.5 Å². The molecule has 2 aromatic rings. The van der Waals surface area contributed by atoms with E-state index in [1.54, 1.807) is 40.8 Å². The van der Waals surface area contributed by atoms with Gasteiger partial charge in [0.25, 0.3) is 5.91 Å². The third-order valence-corrected chi connectivity index (χ3v) is 5.96. The number of amides is 1. The van der Waals surface area contributed by atoms with Gasteiger partial charge in [0.05, 0.1) is 36.3 Å². The number of hydrogen-bond acceptors (Lipinski definition) is 7. The molecule has 1 aromatic heterocycles. The lowest BCUT2D eigenvalue weighted by atomic mass is 10.1. The lowest BCUT2D eigenvalue weighted by Crippen LogP contribution is -2.51. The summed E-state index contributed by atoms with van der Waals surface area (Å²) in [5.74, 6) is -1.05. The fourth-order valence-electron chi connectivity index (χ4n) is 4.25. The molecule has 9 heteroatoms. The van der Waals surface area contributed by atoms with Crippen molar-refractivity contribution in [2.24, 2.45) is 0 Å². The molecular weight excluding hydrogens is 438 g/mol. The second-order valence-corrected chi connectivity index (χ2v) is 8.73.